The second-order valence-corrected chi connectivity index (χ2v) is 4.68. The van der Waals surface area contributed by atoms with Crippen molar-refractivity contribution in [3.8, 4) is 0 Å². The normalized spacial score (nSPS) is 12.2. The monoisotopic (exact) mass is 304 g/mol. The molecule has 1 atom stereocenters. The van der Waals surface area contributed by atoms with E-state index < -0.39 is 10.8 Å². The van der Waals surface area contributed by atoms with Crippen LogP contribution in [0.1, 0.15) is 22.9 Å². The predicted molar refractivity (Wildman–Crippen MR) is 65.1 cm³/mol. The number of carboxylic acids is 1. The zero-order valence-electron chi connectivity index (χ0n) is 8.54. The molecule has 0 bridgehead atoms. The van der Waals surface area contributed by atoms with Gasteiger partial charge in [-0.05, 0) is 24.1 Å². The van der Waals surface area contributed by atoms with Crippen LogP contribution in [-0.2, 0) is 16.0 Å². The summed E-state index contributed by atoms with van der Waals surface area (Å²) in [7, 11) is 0. The minimum absolute atomic E-state index is 0.111. The molecule has 1 rings (SSSR count). The summed E-state index contributed by atoms with van der Waals surface area (Å²) >= 11 is 9.19. The Labute approximate surface area is 107 Å². The summed E-state index contributed by atoms with van der Waals surface area (Å²) in [5.41, 5.74) is 1.09. The van der Waals surface area contributed by atoms with Gasteiger partial charge in [-0.25, -0.2) is 0 Å². The Hall–Kier alpha value is -0.870. The molecule has 0 heterocycles. The van der Waals surface area contributed by atoms with E-state index in [0.29, 0.717) is 16.1 Å². The number of ketones is 1. The average Bonchev–Trinajstić information content (AvgIpc) is 2.16. The van der Waals surface area contributed by atoms with Crippen molar-refractivity contribution in [3.63, 3.8) is 0 Å². The number of hydrogen-bond donors (Lipinski definition) is 1. The van der Waals surface area contributed by atoms with Gasteiger partial charge in [0.2, 0.25) is 0 Å². The first kappa shape index (κ1) is 13.2. The number of rotatable bonds is 4. The molecule has 0 amide bonds. The predicted octanol–water partition coefficient (Wildman–Crippen LogP) is 2.99. The SMILES string of the molecule is CC(=O)C(Br)c1c(Cl)cccc1CC(=O)O. The van der Waals surface area contributed by atoms with Crippen LogP contribution in [0.25, 0.3) is 0 Å². The van der Waals surface area contributed by atoms with E-state index >= 15 is 0 Å². The molecular formula is C11H10BrClO3. The quantitative estimate of drug-likeness (QED) is 0.870. The first-order valence-corrected chi connectivity index (χ1v) is 5.86. The van der Waals surface area contributed by atoms with Gasteiger partial charge in [0.05, 0.1) is 11.2 Å². The van der Waals surface area contributed by atoms with Gasteiger partial charge < -0.3 is 5.11 Å². The van der Waals surface area contributed by atoms with Crippen LogP contribution in [-0.4, -0.2) is 16.9 Å². The summed E-state index contributed by atoms with van der Waals surface area (Å²) in [6.45, 7) is 1.42. The number of Topliss-reactive ketones (excluding diaryl/α,β-unsaturated/α-hetero) is 1. The Balaban J connectivity index is 3.22. The maximum Gasteiger partial charge on any atom is 0.307 e. The molecule has 1 N–H and O–H groups in total. The van der Waals surface area contributed by atoms with Gasteiger partial charge in [0, 0.05) is 5.02 Å². The highest BCUT2D eigenvalue weighted by Gasteiger charge is 2.20. The molecule has 1 aromatic rings. The molecule has 0 saturated carbocycles. The van der Waals surface area contributed by atoms with Gasteiger partial charge in [-0.1, -0.05) is 39.7 Å². The van der Waals surface area contributed by atoms with Crippen LogP contribution < -0.4 is 0 Å². The fourth-order valence-electron chi connectivity index (χ4n) is 1.39. The Kier molecular flexibility index (Phi) is 4.50. The molecule has 0 radical (unpaired) electrons. The Morgan fingerprint density at radius 2 is 2.12 bits per heavy atom. The van der Waals surface area contributed by atoms with E-state index in [1.165, 1.54) is 6.92 Å². The van der Waals surface area contributed by atoms with E-state index in [1.54, 1.807) is 18.2 Å². The average molecular weight is 306 g/mol. The van der Waals surface area contributed by atoms with Gasteiger partial charge in [0.1, 0.15) is 5.78 Å². The van der Waals surface area contributed by atoms with Crippen molar-refractivity contribution >= 4 is 39.3 Å². The van der Waals surface area contributed by atoms with Gasteiger partial charge in [-0.3, -0.25) is 9.59 Å². The zero-order valence-corrected chi connectivity index (χ0v) is 10.9. The standard InChI is InChI=1S/C11H10BrClO3/c1-6(14)11(12)10-7(5-9(15)16)3-2-4-8(10)13/h2-4,11H,5H2,1H3,(H,15,16). The van der Waals surface area contributed by atoms with Crippen molar-refractivity contribution in [2.75, 3.05) is 0 Å². The van der Waals surface area contributed by atoms with Crippen molar-refractivity contribution in [1.82, 2.24) is 0 Å². The van der Waals surface area contributed by atoms with Crippen molar-refractivity contribution in [2.24, 2.45) is 0 Å². The molecule has 0 spiro atoms. The summed E-state index contributed by atoms with van der Waals surface area (Å²) in [5.74, 6) is -1.06. The maximum atomic E-state index is 11.3. The summed E-state index contributed by atoms with van der Waals surface area (Å²) < 4.78 is 0. The second kappa shape index (κ2) is 5.46. The number of carbonyl (C=O) groups is 2. The molecule has 0 aromatic heterocycles. The topological polar surface area (TPSA) is 54.4 Å². The van der Waals surface area contributed by atoms with Gasteiger partial charge in [0.25, 0.3) is 0 Å². The minimum atomic E-state index is -0.952. The van der Waals surface area contributed by atoms with Crippen LogP contribution >= 0.6 is 27.5 Å². The van der Waals surface area contributed by atoms with Crippen molar-refractivity contribution in [2.45, 2.75) is 18.2 Å². The first-order chi connectivity index (χ1) is 7.43. The number of halogens is 2. The van der Waals surface area contributed by atoms with Gasteiger partial charge >= 0.3 is 5.97 Å². The molecule has 16 heavy (non-hydrogen) atoms. The van der Waals surface area contributed by atoms with Crippen LogP contribution in [0.2, 0.25) is 5.02 Å². The molecule has 0 fully saturated rings. The van der Waals surface area contributed by atoms with E-state index in [4.69, 9.17) is 16.7 Å². The first-order valence-electron chi connectivity index (χ1n) is 4.57. The molecule has 3 nitrogen and oxygen atoms in total. The van der Waals surface area contributed by atoms with E-state index in [1.807, 2.05) is 0 Å². The van der Waals surface area contributed by atoms with Crippen LogP contribution in [0, 0.1) is 0 Å². The Morgan fingerprint density at radius 3 is 2.62 bits per heavy atom. The van der Waals surface area contributed by atoms with Gasteiger partial charge in [-0.15, -0.1) is 0 Å². The third kappa shape index (κ3) is 3.06. The van der Waals surface area contributed by atoms with Gasteiger partial charge in [-0.2, -0.15) is 0 Å². The molecule has 1 aromatic carbocycles. The molecule has 0 aliphatic carbocycles. The molecule has 86 valence electrons. The largest absolute Gasteiger partial charge is 0.481 e. The van der Waals surface area contributed by atoms with Crippen LogP contribution in [0.15, 0.2) is 18.2 Å². The Bertz CT molecular complexity index is 431. The van der Waals surface area contributed by atoms with Crippen LogP contribution in [0.5, 0.6) is 0 Å². The van der Waals surface area contributed by atoms with E-state index in [9.17, 15) is 9.59 Å². The van der Waals surface area contributed by atoms with E-state index in [0.717, 1.165) is 0 Å². The maximum absolute atomic E-state index is 11.3. The highest BCUT2D eigenvalue weighted by Crippen LogP contribution is 2.33. The molecule has 0 saturated heterocycles. The van der Waals surface area contributed by atoms with Crippen molar-refractivity contribution < 1.29 is 14.7 Å². The third-order valence-electron chi connectivity index (χ3n) is 2.10. The summed E-state index contributed by atoms with van der Waals surface area (Å²) in [6.07, 6.45) is -0.148. The number of benzene rings is 1. The van der Waals surface area contributed by atoms with E-state index in [2.05, 4.69) is 15.9 Å². The summed E-state index contributed by atoms with van der Waals surface area (Å²) in [4.78, 5) is 21.4. The number of carboxylic acid groups (broad SMARTS) is 1. The summed E-state index contributed by atoms with van der Waals surface area (Å²) in [6, 6.07) is 4.97. The summed E-state index contributed by atoms with van der Waals surface area (Å²) in [5, 5.41) is 9.16. The number of alkyl halides is 1. The smallest absolute Gasteiger partial charge is 0.307 e. The Morgan fingerprint density at radius 1 is 1.50 bits per heavy atom. The lowest BCUT2D eigenvalue weighted by Gasteiger charge is -2.13. The molecule has 5 heteroatoms. The molecule has 1 unspecified atom stereocenters. The third-order valence-corrected chi connectivity index (χ3v) is 3.53. The number of carbonyl (C=O) groups excluding carboxylic acids is 1. The molecule has 0 aliphatic heterocycles. The highest BCUT2D eigenvalue weighted by atomic mass is 79.9. The van der Waals surface area contributed by atoms with Crippen LogP contribution in [0.3, 0.4) is 0 Å². The number of hydrogen-bond acceptors (Lipinski definition) is 2. The van der Waals surface area contributed by atoms with Crippen molar-refractivity contribution in [1.29, 1.82) is 0 Å². The lowest BCUT2D eigenvalue weighted by Crippen LogP contribution is -2.09. The zero-order chi connectivity index (χ0) is 12.3. The fraction of sp³-hybridized carbons (Fsp3) is 0.273. The lowest BCUT2D eigenvalue weighted by molar-refractivity contribution is -0.136. The highest BCUT2D eigenvalue weighted by molar-refractivity contribution is 9.09. The second-order valence-electron chi connectivity index (χ2n) is 3.36. The lowest BCUT2D eigenvalue weighted by atomic mass is 10.00. The minimum Gasteiger partial charge on any atom is -0.481 e. The van der Waals surface area contributed by atoms with Gasteiger partial charge in [0.15, 0.2) is 0 Å². The van der Waals surface area contributed by atoms with E-state index in [-0.39, 0.29) is 12.2 Å². The molecular weight excluding hydrogens is 295 g/mol. The van der Waals surface area contributed by atoms with Crippen molar-refractivity contribution in [3.05, 3.63) is 34.3 Å². The fourth-order valence-corrected chi connectivity index (χ4v) is 2.36. The molecule has 0 aliphatic rings. The number of aliphatic carboxylic acids is 1. The van der Waals surface area contributed by atoms with Crippen LogP contribution in [0.4, 0.5) is 0 Å².